The van der Waals surface area contributed by atoms with Crippen LogP contribution in [0, 0.1) is 0 Å². The van der Waals surface area contributed by atoms with E-state index in [0.717, 1.165) is 11.1 Å². The average molecular weight is 337 g/mol. The molecule has 4 N–H and O–H groups in total. The molecule has 0 fully saturated rings. The molecule has 0 amide bonds. The fourth-order valence-electron chi connectivity index (χ4n) is 1.67. The maximum absolute atomic E-state index is 6.12. The zero-order valence-electron chi connectivity index (χ0n) is 11.5. The van der Waals surface area contributed by atoms with Gasteiger partial charge in [0.25, 0.3) is 0 Å². The van der Waals surface area contributed by atoms with E-state index in [2.05, 4.69) is 10.2 Å². The van der Waals surface area contributed by atoms with Crippen LogP contribution in [0.5, 0.6) is 5.75 Å². The fraction of sp³-hybridized carbons (Fsp3) is 0.0667. The minimum absolute atomic E-state index is 0.109. The highest BCUT2D eigenvalue weighted by Gasteiger charge is 2.05. The quantitative estimate of drug-likeness (QED) is 0.499. The summed E-state index contributed by atoms with van der Waals surface area (Å²) in [5.41, 5.74) is 12.0. The van der Waals surface area contributed by atoms with E-state index in [1.807, 2.05) is 30.3 Å². The molecule has 0 bridgehead atoms. The SMILES string of the molecule is NC(N)=NN=Cc1ccccc1OCc1ccc(Cl)cc1Cl. The standard InChI is InChI=1S/C15H14Cl2N4O/c16-12-6-5-11(13(17)7-12)9-22-14-4-2-1-3-10(14)8-20-21-15(18)19/h1-8H,9H2,(H4,18,19,21). The molecular weight excluding hydrogens is 323 g/mol. The third kappa shape index (κ3) is 4.65. The lowest BCUT2D eigenvalue weighted by Crippen LogP contribution is -2.21. The smallest absolute Gasteiger partial charge is 0.211 e. The third-order valence-corrected chi connectivity index (χ3v) is 3.27. The number of para-hydroxylation sites is 1. The molecule has 5 nitrogen and oxygen atoms in total. The van der Waals surface area contributed by atoms with Gasteiger partial charge in [0.2, 0.25) is 5.96 Å². The van der Waals surface area contributed by atoms with Gasteiger partial charge in [-0.25, -0.2) is 0 Å². The Kier molecular flexibility index (Phi) is 5.63. The second-order valence-electron chi connectivity index (χ2n) is 4.33. The molecule has 0 aliphatic heterocycles. The minimum atomic E-state index is -0.109. The van der Waals surface area contributed by atoms with Gasteiger partial charge in [0.1, 0.15) is 12.4 Å². The van der Waals surface area contributed by atoms with Gasteiger partial charge in [0, 0.05) is 21.2 Å². The van der Waals surface area contributed by atoms with Crippen molar-refractivity contribution in [1.29, 1.82) is 0 Å². The molecule has 0 atom stereocenters. The summed E-state index contributed by atoms with van der Waals surface area (Å²) in [7, 11) is 0. The highest BCUT2D eigenvalue weighted by molar-refractivity contribution is 6.35. The van der Waals surface area contributed by atoms with Crippen LogP contribution in [0.3, 0.4) is 0 Å². The molecule has 0 radical (unpaired) electrons. The third-order valence-electron chi connectivity index (χ3n) is 2.69. The minimum Gasteiger partial charge on any atom is -0.488 e. The molecule has 0 saturated carbocycles. The van der Waals surface area contributed by atoms with Crippen molar-refractivity contribution in [3.63, 3.8) is 0 Å². The predicted octanol–water partition coefficient (Wildman–Crippen LogP) is 3.18. The van der Waals surface area contributed by atoms with E-state index < -0.39 is 0 Å². The Bertz CT molecular complexity index is 712. The summed E-state index contributed by atoms with van der Waals surface area (Å²) in [6, 6.07) is 12.6. The summed E-state index contributed by atoms with van der Waals surface area (Å²) in [6.07, 6.45) is 1.51. The first-order chi connectivity index (χ1) is 10.6. The van der Waals surface area contributed by atoms with Crippen molar-refractivity contribution in [1.82, 2.24) is 0 Å². The highest BCUT2D eigenvalue weighted by Crippen LogP contribution is 2.23. The molecule has 0 spiro atoms. The van der Waals surface area contributed by atoms with Crippen LogP contribution in [0.15, 0.2) is 52.7 Å². The molecule has 2 rings (SSSR count). The van der Waals surface area contributed by atoms with Gasteiger partial charge in [-0.3, -0.25) is 0 Å². The number of nitrogens with two attached hydrogens (primary N) is 2. The molecule has 7 heteroatoms. The van der Waals surface area contributed by atoms with Crippen LogP contribution < -0.4 is 16.2 Å². The van der Waals surface area contributed by atoms with Gasteiger partial charge in [-0.05, 0) is 24.3 Å². The van der Waals surface area contributed by atoms with Gasteiger partial charge >= 0.3 is 0 Å². The number of hydrogen-bond acceptors (Lipinski definition) is 3. The lowest BCUT2D eigenvalue weighted by Gasteiger charge is -2.10. The molecule has 2 aromatic carbocycles. The Balaban J connectivity index is 2.13. The number of guanidine groups is 1. The lowest BCUT2D eigenvalue weighted by atomic mass is 10.2. The molecule has 2 aromatic rings. The number of hydrogen-bond donors (Lipinski definition) is 2. The number of halogens is 2. The first-order valence-corrected chi connectivity index (χ1v) is 7.09. The van der Waals surface area contributed by atoms with Crippen molar-refractivity contribution in [3.05, 3.63) is 63.6 Å². The molecule has 0 aliphatic rings. The van der Waals surface area contributed by atoms with E-state index in [-0.39, 0.29) is 5.96 Å². The summed E-state index contributed by atoms with van der Waals surface area (Å²) in [4.78, 5) is 0. The van der Waals surface area contributed by atoms with Crippen molar-refractivity contribution in [2.45, 2.75) is 6.61 Å². The molecule has 0 saturated heterocycles. The van der Waals surface area contributed by atoms with E-state index in [4.69, 9.17) is 39.4 Å². The number of benzene rings is 2. The Morgan fingerprint density at radius 2 is 1.91 bits per heavy atom. The van der Waals surface area contributed by atoms with Crippen LogP contribution in [0.25, 0.3) is 0 Å². The van der Waals surface area contributed by atoms with Crippen LogP contribution in [0.1, 0.15) is 11.1 Å². The van der Waals surface area contributed by atoms with E-state index in [1.54, 1.807) is 12.1 Å². The van der Waals surface area contributed by atoms with Crippen molar-refractivity contribution < 1.29 is 4.74 Å². The number of nitrogens with zero attached hydrogens (tertiary/aromatic N) is 2. The van der Waals surface area contributed by atoms with Gasteiger partial charge < -0.3 is 16.2 Å². The zero-order chi connectivity index (χ0) is 15.9. The van der Waals surface area contributed by atoms with Crippen molar-refractivity contribution in [3.8, 4) is 5.75 Å². The van der Waals surface area contributed by atoms with E-state index in [0.29, 0.717) is 22.4 Å². The van der Waals surface area contributed by atoms with Crippen molar-refractivity contribution in [2.24, 2.45) is 21.7 Å². The summed E-state index contributed by atoms with van der Waals surface area (Å²) in [5, 5.41) is 8.47. The van der Waals surface area contributed by atoms with E-state index in [1.165, 1.54) is 6.21 Å². The van der Waals surface area contributed by atoms with E-state index >= 15 is 0 Å². The predicted molar refractivity (Wildman–Crippen MR) is 90.6 cm³/mol. The molecule has 114 valence electrons. The Labute approximate surface area is 138 Å². The second-order valence-corrected chi connectivity index (χ2v) is 5.18. The molecule has 0 aliphatic carbocycles. The maximum atomic E-state index is 6.12. The first kappa shape index (κ1) is 16.1. The highest BCUT2D eigenvalue weighted by atomic mass is 35.5. The van der Waals surface area contributed by atoms with Crippen LogP contribution in [-0.4, -0.2) is 12.2 Å². The Morgan fingerprint density at radius 3 is 2.64 bits per heavy atom. The fourth-order valence-corrected chi connectivity index (χ4v) is 2.13. The number of rotatable bonds is 5. The van der Waals surface area contributed by atoms with Crippen LogP contribution in [-0.2, 0) is 6.61 Å². The van der Waals surface area contributed by atoms with Crippen LogP contribution >= 0.6 is 23.2 Å². The molecular formula is C15H14Cl2N4O. The van der Waals surface area contributed by atoms with Crippen LogP contribution in [0.4, 0.5) is 0 Å². The number of ether oxygens (including phenoxy) is 1. The van der Waals surface area contributed by atoms with E-state index in [9.17, 15) is 0 Å². The van der Waals surface area contributed by atoms with Gasteiger partial charge in [0.15, 0.2) is 0 Å². The summed E-state index contributed by atoms with van der Waals surface area (Å²) in [5.74, 6) is 0.533. The lowest BCUT2D eigenvalue weighted by molar-refractivity contribution is 0.306. The molecule has 0 unspecified atom stereocenters. The molecule has 22 heavy (non-hydrogen) atoms. The Hall–Kier alpha value is -2.24. The zero-order valence-corrected chi connectivity index (χ0v) is 13.1. The summed E-state index contributed by atoms with van der Waals surface area (Å²) < 4.78 is 5.77. The first-order valence-electron chi connectivity index (χ1n) is 6.34. The Morgan fingerprint density at radius 1 is 1.14 bits per heavy atom. The molecule has 0 heterocycles. The maximum Gasteiger partial charge on any atom is 0.211 e. The summed E-state index contributed by atoms with van der Waals surface area (Å²) in [6.45, 7) is 0.309. The van der Waals surface area contributed by atoms with Gasteiger partial charge in [-0.2, -0.15) is 5.10 Å². The van der Waals surface area contributed by atoms with Gasteiger partial charge in [-0.15, -0.1) is 5.10 Å². The molecule has 0 aromatic heterocycles. The van der Waals surface area contributed by atoms with Gasteiger partial charge in [0.05, 0.1) is 6.21 Å². The van der Waals surface area contributed by atoms with Gasteiger partial charge in [-0.1, -0.05) is 41.4 Å². The average Bonchev–Trinajstić information content (AvgIpc) is 2.47. The summed E-state index contributed by atoms with van der Waals surface area (Å²) >= 11 is 12.0. The van der Waals surface area contributed by atoms with Crippen LogP contribution in [0.2, 0.25) is 10.0 Å². The monoisotopic (exact) mass is 336 g/mol. The topological polar surface area (TPSA) is 86.0 Å². The van der Waals surface area contributed by atoms with Crippen molar-refractivity contribution in [2.75, 3.05) is 0 Å². The largest absolute Gasteiger partial charge is 0.488 e. The second kappa shape index (κ2) is 7.68. The van der Waals surface area contributed by atoms with Crippen molar-refractivity contribution >= 4 is 35.4 Å². The normalized spacial score (nSPS) is 10.6.